The third-order valence-electron chi connectivity index (χ3n) is 3.90. The molecular formula is C19H16N2. The van der Waals surface area contributed by atoms with Gasteiger partial charge in [0.05, 0.1) is 11.4 Å². The van der Waals surface area contributed by atoms with E-state index >= 15 is 0 Å². The summed E-state index contributed by atoms with van der Waals surface area (Å²) in [5.74, 6) is 0. The molecule has 0 spiro atoms. The van der Waals surface area contributed by atoms with Crippen molar-refractivity contribution in [2.45, 2.75) is 6.04 Å². The molecule has 1 heterocycles. The second-order valence-corrected chi connectivity index (χ2v) is 5.22. The van der Waals surface area contributed by atoms with Gasteiger partial charge in [0.2, 0.25) is 0 Å². The minimum atomic E-state index is 0.199. The fraction of sp³-hybridized carbons (Fsp3) is 0.0526. The van der Waals surface area contributed by atoms with Gasteiger partial charge in [-0.2, -0.15) is 0 Å². The van der Waals surface area contributed by atoms with Crippen LogP contribution in [-0.2, 0) is 0 Å². The average molecular weight is 272 g/mol. The molecule has 3 aromatic carbocycles. The average Bonchev–Trinajstić information content (AvgIpc) is 2.96. The van der Waals surface area contributed by atoms with Crippen molar-refractivity contribution in [1.82, 2.24) is 0 Å². The molecule has 1 unspecified atom stereocenters. The summed E-state index contributed by atoms with van der Waals surface area (Å²) in [5.41, 5.74) is 8.48. The van der Waals surface area contributed by atoms with Gasteiger partial charge in [0.25, 0.3) is 0 Å². The lowest BCUT2D eigenvalue weighted by Gasteiger charge is -2.27. The van der Waals surface area contributed by atoms with E-state index < -0.39 is 0 Å². The maximum atomic E-state index is 3.53. The fourth-order valence-electron chi connectivity index (χ4n) is 2.94. The smallest absolute Gasteiger partial charge is 0.102 e. The van der Waals surface area contributed by atoms with E-state index in [1.807, 2.05) is 6.07 Å². The van der Waals surface area contributed by atoms with Gasteiger partial charge in [-0.3, -0.25) is 10.4 Å². The zero-order valence-electron chi connectivity index (χ0n) is 11.6. The second kappa shape index (κ2) is 4.98. The van der Waals surface area contributed by atoms with E-state index in [1.54, 1.807) is 0 Å². The molecule has 102 valence electrons. The van der Waals surface area contributed by atoms with Crippen LogP contribution in [0.15, 0.2) is 84.9 Å². The Labute approximate surface area is 124 Å². The van der Waals surface area contributed by atoms with Gasteiger partial charge in [-0.15, -0.1) is 0 Å². The lowest BCUT2D eigenvalue weighted by molar-refractivity contribution is 0.822. The number of hydrazine groups is 1. The topological polar surface area (TPSA) is 15.3 Å². The van der Waals surface area contributed by atoms with Crippen molar-refractivity contribution in [3.8, 4) is 0 Å². The van der Waals surface area contributed by atoms with Crippen LogP contribution in [0.25, 0.3) is 0 Å². The van der Waals surface area contributed by atoms with Crippen molar-refractivity contribution in [3.63, 3.8) is 0 Å². The third-order valence-corrected chi connectivity index (χ3v) is 3.90. The van der Waals surface area contributed by atoms with Gasteiger partial charge < -0.3 is 0 Å². The molecule has 0 aromatic heterocycles. The number of para-hydroxylation sites is 2. The highest BCUT2D eigenvalue weighted by Gasteiger charge is 2.31. The number of fused-ring (bicyclic) bond motifs is 1. The van der Waals surface area contributed by atoms with Crippen LogP contribution >= 0.6 is 0 Å². The van der Waals surface area contributed by atoms with Crippen molar-refractivity contribution in [1.29, 1.82) is 0 Å². The zero-order valence-corrected chi connectivity index (χ0v) is 11.6. The van der Waals surface area contributed by atoms with E-state index in [-0.39, 0.29) is 6.04 Å². The maximum Gasteiger partial charge on any atom is 0.102 e. The van der Waals surface area contributed by atoms with E-state index in [2.05, 4.69) is 89.3 Å². The van der Waals surface area contributed by atoms with E-state index in [0.717, 1.165) is 0 Å². The Bertz CT molecular complexity index is 738. The van der Waals surface area contributed by atoms with Gasteiger partial charge in [-0.25, -0.2) is 0 Å². The van der Waals surface area contributed by atoms with E-state index in [1.165, 1.54) is 22.5 Å². The summed E-state index contributed by atoms with van der Waals surface area (Å²) < 4.78 is 0. The highest BCUT2D eigenvalue weighted by atomic mass is 15.5. The predicted molar refractivity (Wildman–Crippen MR) is 87.3 cm³/mol. The van der Waals surface area contributed by atoms with Gasteiger partial charge in [0.15, 0.2) is 0 Å². The van der Waals surface area contributed by atoms with E-state index in [9.17, 15) is 0 Å². The van der Waals surface area contributed by atoms with Crippen molar-refractivity contribution in [2.24, 2.45) is 0 Å². The Hall–Kier alpha value is -2.74. The normalized spacial score (nSPS) is 16.4. The first-order chi connectivity index (χ1) is 10.4. The van der Waals surface area contributed by atoms with Gasteiger partial charge in [0.1, 0.15) is 6.04 Å². The third kappa shape index (κ3) is 2.05. The standard InChI is InChI=1S/C19H16N2/c1-3-9-15(10-4-1)19-17-13-7-8-14-18(17)20-21(19)16-11-5-2-6-12-16/h1-14,19-20H. The highest BCUT2D eigenvalue weighted by Crippen LogP contribution is 2.41. The molecule has 2 heteroatoms. The molecule has 1 atom stereocenters. The Morgan fingerprint density at radius 1 is 0.667 bits per heavy atom. The highest BCUT2D eigenvalue weighted by molar-refractivity contribution is 5.69. The van der Waals surface area contributed by atoms with Crippen LogP contribution in [0.4, 0.5) is 11.4 Å². The van der Waals surface area contributed by atoms with E-state index in [4.69, 9.17) is 0 Å². The summed E-state index contributed by atoms with van der Waals surface area (Å²) in [6, 6.07) is 29.8. The van der Waals surface area contributed by atoms with Crippen LogP contribution in [0.2, 0.25) is 0 Å². The van der Waals surface area contributed by atoms with E-state index in [0.29, 0.717) is 0 Å². The Kier molecular flexibility index (Phi) is 2.86. The molecule has 1 aliphatic rings. The molecular weight excluding hydrogens is 256 g/mol. The van der Waals surface area contributed by atoms with Crippen LogP contribution < -0.4 is 10.4 Å². The number of nitrogens with one attached hydrogen (secondary N) is 1. The first-order valence-corrected chi connectivity index (χ1v) is 7.18. The zero-order chi connectivity index (χ0) is 14.1. The van der Waals surface area contributed by atoms with Crippen molar-refractivity contribution < 1.29 is 0 Å². The molecule has 0 fully saturated rings. The van der Waals surface area contributed by atoms with Gasteiger partial charge >= 0.3 is 0 Å². The Morgan fingerprint density at radius 3 is 2.05 bits per heavy atom. The summed E-state index contributed by atoms with van der Waals surface area (Å²) >= 11 is 0. The Morgan fingerprint density at radius 2 is 1.29 bits per heavy atom. The van der Waals surface area contributed by atoms with Gasteiger partial charge in [0, 0.05) is 5.56 Å². The van der Waals surface area contributed by atoms with Crippen LogP contribution in [-0.4, -0.2) is 0 Å². The van der Waals surface area contributed by atoms with Crippen LogP contribution in [0.1, 0.15) is 17.2 Å². The van der Waals surface area contributed by atoms with Gasteiger partial charge in [-0.1, -0.05) is 66.7 Å². The fourth-order valence-corrected chi connectivity index (χ4v) is 2.94. The monoisotopic (exact) mass is 272 g/mol. The molecule has 4 rings (SSSR count). The summed E-state index contributed by atoms with van der Waals surface area (Å²) in [6.45, 7) is 0. The first-order valence-electron chi connectivity index (χ1n) is 7.18. The summed E-state index contributed by atoms with van der Waals surface area (Å²) in [7, 11) is 0. The van der Waals surface area contributed by atoms with Crippen molar-refractivity contribution >= 4 is 11.4 Å². The van der Waals surface area contributed by atoms with Crippen LogP contribution in [0.3, 0.4) is 0 Å². The number of benzene rings is 3. The largest absolute Gasteiger partial charge is 0.297 e. The Balaban J connectivity index is 1.85. The predicted octanol–water partition coefficient (Wildman–Crippen LogP) is 4.62. The number of nitrogens with zero attached hydrogens (tertiary/aromatic N) is 1. The van der Waals surface area contributed by atoms with Crippen LogP contribution in [0, 0.1) is 0 Å². The number of hydrogen-bond acceptors (Lipinski definition) is 2. The number of hydrogen-bond donors (Lipinski definition) is 1. The molecule has 3 aromatic rings. The molecule has 0 bridgehead atoms. The molecule has 21 heavy (non-hydrogen) atoms. The molecule has 0 amide bonds. The molecule has 1 aliphatic heterocycles. The lowest BCUT2D eigenvalue weighted by atomic mass is 9.98. The molecule has 0 radical (unpaired) electrons. The minimum absolute atomic E-state index is 0.199. The summed E-state index contributed by atoms with van der Waals surface area (Å²) in [5, 5.41) is 2.24. The molecule has 1 N–H and O–H groups in total. The first kappa shape index (κ1) is 12.0. The summed E-state index contributed by atoms with van der Waals surface area (Å²) in [6.07, 6.45) is 0. The molecule has 0 aliphatic carbocycles. The SMILES string of the molecule is c1ccc(C2c3ccccc3NN2c2ccccc2)cc1. The van der Waals surface area contributed by atoms with Crippen molar-refractivity contribution in [3.05, 3.63) is 96.1 Å². The number of anilines is 2. The van der Waals surface area contributed by atoms with Crippen LogP contribution in [0.5, 0.6) is 0 Å². The van der Waals surface area contributed by atoms with Crippen molar-refractivity contribution in [2.75, 3.05) is 10.4 Å². The van der Waals surface area contributed by atoms with Gasteiger partial charge in [-0.05, 0) is 23.8 Å². The molecule has 0 saturated carbocycles. The second-order valence-electron chi connectivity index (χ2n) is 5.22. The lowest BCUT2D eigenvalue weighted by Crippen LogP contribution is -2.28. The molecule has 0 saturated heterocycles. The minimum Gasteiger partial charge on any atom is -0.297 e. The quantitative estimate of drug-likeness (QED) is 0.732. The number of rotatable bonds is 2. The maximum absolute atomic E-state index is 3.53. The summed E-state index contributed by atoms with van der Waals surface area (Å²) in [4.78, 5) is 0. The molecule has 2 nitrogen and oxygen atoms in total.